The predicted octanol–water partition coefficient (Wildman–Crippen LogP) is 5.98. The van der Waals surface area contributed by atoms with Crippen LogP contribution >= 0.6 is 0 Å². The van der Waals surface area contributed by atoms with E-state index in [-0.39, 0.29) is 5.92 Å². The van der Waals surface area contributed by atoms with Gasteiger partial charge in [-0.05, 0) is 63.2 Å². The molecule has 2 fully saturated rings. The van der Waals surface area contributed by atoms with Crippen LogP contribution in [0.3, 0.4) is 0 Å². The van der Waals surface area contributed by atoms with E-state index in [1.165, 1.54) is 51.4 Å². The topological polar surface area (TPSA) is 38.7 Å². The Morgan fingerprint density at radius 2 is 1.54 bits per heavy atom. The van der Waals surface area contributed by atoms with Crippen LogP contribution in [-0.4, -0.2) is 10.9 Å². The summed E-state index contributed by atoms with van der Waals surface area (Å²) in [5.41, 5.74) is 0. The first-order valence-electron chi connectivity index (χ1n) is 10.2. The van der Waals surface area contributed by atoms with Gasteiger partial charge >= 0.3 is 0 Å². The van der Waals surface area contributed by atoms with Crippen LogP contribution in [0.5, 0.6) is 0 Å². The summed E-state index contributed by atoms with van der Waals surface area (Å²) < 4.78 is 0. The quantitative estimate of drug-likeness (QED) is 0.256. The Hall–Kier alpha value is -0.540. The molecule has 2 aliphatic carbocycles. The van der Waals surface area contributed by atoms with Crippen LogP contribution in [0.1, 0.15) is 91.4 Å². The van der Waals surface area contributed by atoms with Crippen molar-refractivity contribution in [1.82, 2.24) is 0 Å². The minimum atomic E-state index is -1.16. The zero-order valence-electron chi connectivity index (χ0n) is 16.1. The highest BCUT2D eigenvalue weighted by Gasteiger charge is 2.42. The zero-order valence-corrected chi connectivity index (χ0v) is 16.1. The maximum absolute atomic E-state index is 10.8. The fourth-order valence-corrected chi connectivity index (χ4v) is 4.96. The summed E-state index contributed by atoms with van der Waals surface area (Å²) in [7, 11) is 0. The molecule has 0 aromatic rings. The van der Waals surface area contributed by atoms with E-state index in [1.807, 2.05) is 6.92 Å². The van der Waals surface area contributed by atoms with Crippen LogP contribution in [0.4, 0.5) is 0 Å². The van der Waals surface area contributed by atoms with Crippen molar-refractivity contribution in [1.29, 1.82) is 0 Å². The van der Waals surface area contributed by atoms with Crippen LogP contribution in [-0.2, 0) is 9.78 Å². The smallest absolute Gasteiger partial charge is 0.213 e. The Bertz CT molecular complexity index is 379. The lowest BCUT2D eigenvalue weighted by atomic mass is 9.67. The SMILES string of the molecule is C=C(C)OOC(O)(CC)C1CCC(C2CCC(CCC)CC2)CC1. The van der Waals surface area contributed by atoms with E-state index in [2.05, 4.69) is 13.5 Å². The van der Waals surface area contributed by atoms with Gasteiger partial charge in [0.2, 0.25) is 5.79 Å². The van der Waals surface area contributed by atoms with Gasteiger partial charge in [-0.15, -0.1) is 0 Å². The second kappa shape index (κ2) is 9.24. The summed E-state index contributed by atoms with van der Waals surface area (Å²) in [6.45, 7) is 9.68. The number of aliphatic hydroxyl groups is 1. The third-order valence-corrected chi connectivity index (χ3v) is 6.50. The van der Waals surface area contributed by atoms with E-state index in [0.29, 0.717) is 12.2 Å². The maximum atomic E-state index is 10.8. The summed E-state index contributed by atoms with van der Waals surface area (Å²) in [4.78, 5) is 10.4. The van der Waals surface area contributed by atoms with Crippen LogP contribution in [0.2, 0.25) is 0 Å². The second-order valence-electron chi connectivity index (χ2n) is 8.25. The first kappa shape index (κ1) is 19.8. The molecule has 0 heterocycles. The lowest BCUT2D eigenvalue weighted by Crippen LogP contribution is -2.42. The van der Waals surface area contributed by atoms with E-state index in [1.54, 1.807) is 6.92 Å². The van der Waals surface area contributed by atoms with E-state index < -0.39 is 5.79 Å². The van der Waals surface area contributed by atoms with Gasteiger partial charge in [0, 0.05) is 12.3 Å². The highest BCUT2D eigenvalue weighted by molar-refractivity contribution is 4.86. The largest absolute Gasteiger partial charge is 0.362 e. The molecule has 1 unspecified atom stereocenters. The molecule has 3 heteroatoms. The molecule has 0 aliphatic heterocycles. The zero-order chi connectivity index (χ0) is 17.6. The normalized spacial score (nSPS) is 33.7. The van der Waals surface area contributed by atoms with Crippen LogP contribution < -0.4 is 0 Å². The maximum Gasteiger partial charge on any atom is 0.213 e. The van der Waals surface area contributed by atoms with Crippen molar-refractivity contribution in [3.63, 3.8) is 0 Å². The van der Waals surface area contributed by atoms with E-state index in [9.17, 15) is 5.11 Å². The van der Waals surface area contributed by atoms with Gasteiger partial charge in [0.25, 0.3) is 0 Å². The molecule has 1 N–H and O–H groups in total. The number of hydrogen-bond donors (Lipinski definition) is 1. The Balaban J connectivity index is 1.79. The Labute approximate surface area is 148 Å². The van der Waals surface area contributed by atoms with Gasteiger partial charge in [0.05, 0.1) is 0 Å². The highest BCUT2D eigenvalue weighted by atomic mass is 17.2. The lowest BCUT2D eigenvalue weighted by Gasteiger charge is -2.41. The van der Waals surface area contributed by atoms with Crippen molar-refractivity contribution in [2.45, 2.75) is 97.2 Å². The van der Waals surface area contributed by atoms with Gasteiger partial charge < -0.3 is 9.99 Å². The van der Waals surface area contributed by atoms with Crippen molar-refractivity contribution < 1.29 is 14.9 Å². The molecule has 1 atom stereocenters. The average Bonchev–Trinajstić information content (AvgIpc) is 2.61. The van der Waals surface area contributed by atoms with Crippen molar-refractivity contribution in [3.05, 3.63) is 12.3 Å². The third-order valence-electron chi connectivity index (χ3n) is 6.50. The molecular formula is C21H38O3. The minimum absolute atomic E-state index is 0.175. The number of hydrogen-bond acceptors (Lipinski definition) is 3. The van der Waals surface area contributed by atoms with E-state index in [0.717, 1.165) is 30.6 Å². The van der Waals surface area contributed by atoms with Gasteiger partial charge in [0.1, 0.15) is 5.76 Å². The standard InChI is InChI=1S/C21H38O3/c1-5-7-17-8-10-18(11-9-17)19-12-14-20(15-13-19)21(22,6-2)24-23-16(3)4/h17-20,22H,3,5-15H2,1-2,4H3. The summed E-state index contributed by atoms with van der Waals surface area (Å²) in [5, 5.41) is 10.8. The average molecular weight is 339 g/mol. The fourth-order valence-electron chi connectivity index (χ4n) is 4.96. The summed E-state index contributed by atoms with van der Waals surface area (Å²) in [6.07, 6.45) is 13.6. The molecule has 0 radical (unpaired) electrons. The Morgan fingerprint density at radius 3 is 2.00 bits per heavy atom. The molecule has 140 valence electrons. The van der Waals surface area contributed by atoms with Crippen molar-refractivity contribution in [2.75, 3.05) is 0 Å². The Morgan fingerprint density at radius 1 is 1.00 bits per heavy atom. The molecule has 0 amide bonds. The summed E-state index contributed by atoms with van der Waals surface area (Å²) in [6, 6.07) is 0. The van der Waals surface area contributed by atoms with Gasteiger partial charge in [0.15, 0.2) is 0 Å². The third kappa shape index (κ3) is 5.23. The van der Waals surface area contributed by atoms with Crippen molar-refractivity contribution in [2.24, 2.45) is 23.7 Å². The monoisotopic (exact) mass is 338 g/mol. The highest BCUT2D eigenvalue weighted by Crippen LogP contribution is 2.45. The molecule has 0 saturated heterocycles. The minimum Gasteiger partial charge on any atom is -0.362 e. The molecule has 3 nitrogen and oxygen atoms in total. The number of allylic oxidation sites excluding steroid dienone is 1. The van der Waals surface area contributed by atoms with Gasteiger partial charge in [-0.1, -0.05) is 46.1 Å². The van der Waals surface area contributed by atoms with Gasteiger partial charge in [-0.3, -0.25) is 0 Å². The van der Waals surface area contributed by atoms with Crippen LogP contribution in [0.15, 0.2) is 12.3 Å². The molecule has 0 spiro atoms. The Kier molecular flexibility index (Phi) is 7.61. The molecular weight excluding hydrogens is 300 g/mol. The number of rotatable bonds is 8. The predicted molar refractivity (Wildman–Crippen MR) is 98.0 cm³/mol. The molecule has 2 saturated carbocycles. The molecule has 24 heavy (non-hydrogen) atoms. The molecule has 2 aliphatic rings. The van der Waals surface area contributed by atoms with E-state index >= 15 is 0 Å². The fraction of sp³-hybridized carbons (Fsp3) is 0.905. The molecule has 0 bridgehead atoms. The first-order valence-corrected chi connectivity index (χ1v) is 10.2. The van der Waals surface area contributed by atoms with Crippen molar-refractivity contribution >= 4 is 0 Å². The molecule has 0 aromatic heterocycles. The summed E-state index contributed by atoms with van der Waals surface area (Å²) >= 11 is 0. The molecule has 0 aromatic carbocycles. The summed E-state index contributed by atoms with van der Waals surface area (Å²) in [5.74, 6) is 2.26. The van der Waals surface area contributed by atoms with Gasteiger partial charge in [-0.25, -0.2) is 0 Å². The van der Waals surface area contributed by atoms with Crippen LogP contribution in [0.25, 0.3) is 0 Å². The lowest BCUT2D eigenvalue weighted by molar-refractivity contribution is -0.418. The van der Waals surface area contributed by atoms with Gasteiger partial charge in [-0.2, -0.15) is 4.89 Å². The van der Waals surface area contributed by atoms with Crippen LogP contribution in [0, 0.1) is 23.7 Å². The molecule has 2 rings (SSSR count). The second-order valence-corrected chi connectivity index (χ2v) is 8.25. The van der Waals surface area contributed by atoms with Crippen molar-refractivity contribution in [3.8, 4) is 0 Å². The van der Waals surface area contributed by atoms with E-state index in [4.69, 9.17) is 9.78 Å². The first-order chi connectivity index (χ1) is 11.5.